The summed E-state index contributed by atoms with van der Waals surface area (Å²) in [6.07, 6.45) is 1.83. The summed E-state index contributed by atoms with van der Waals surface area (Å²) in [5, 5.41) is 1.13. The highest BCUT2D eigenvalue weighted by Gasteiger charge is 2.23. The molecule has 1 amide bonds. The molecule has 0 spiro atoms. The SMILES string of the molecule is Cc1cc(C)c2cc(C(=O)N3CCN(Cc4ccccn4)CC3)[nH]c2c1. The van der Waals surface area contributed by atoms with Crippen molar-refractivity contribution in [2.45, 2.75) is 20.4 Å². The maximum atomic E-state index is 12.9. The lowest BCUT2D eigenvalue weighted by atomic mass is 10.1. The number of carbonyl (C=O) groups excluding carboxylic acids is 1. The summed E-state index contributed by atoms with van der Waals surface area (Å²) in [5.74, 6) is 0.0933. The van der Waals surface area contributed by atoms with Crippen molar-refractivity contribution in [1.29, 1.82) is 0 Å². The molecule has 134 valence electrons. The maximum absolute atomic E-state index is 12.9. The number of benzene rings is 1. The van der Waals surface area contributed by atoms with Crippen LogP contribution in [0.15, 0.2) is 42.6 Å². The van der Waals surface area contributed by atoms with Crippen LogP contribution in [-0.2, 0) is 6.54 Å². The van der Waals surface area contributed by atoms with Crippen molar-refractivity contribution in [3.05, 3.63) is 65.1 Å². The number of piperazine rings is 1. The second-order valence-electron chi connectivity index (χ2n) is 7.12. The lowest BCUT2D eigenvalue weighted by Gasteiger charge is -2.34. The molecule has 26 heavy (non-hydrogen) atoms. The molecule has 3 heterocycles. The van der Waals surface area contributed by atoms with E-state index in [-0.39, 0.29) is 5.91 Å². The van der Waals surface area contributed by atoms with Crippen molar-refractivity contribution in [1.82, 2.24) is 19.8 Å². The topological polar surface area (TPSA) is 52.2 Å². The van der Waals surface area contributed by atoms with Gasteiger partial charge in [0.25, 0.3) is 5.91 Å². The lowest BCUT2D eigenvalue weighted by molar-refractivity contribution is 0.0622. The fraction of sp³-hybridized carbons (Fsp3) is 0.333. The number of aromatic amines is 1. The summed E-state index contributed by atoms with van der Waals surface area (Å²) < 4.78 is 0. The molecule has 1 saturated heterocycles. The highest BCUT2D eigenvalue weighted by Crippen LogP contribution is 2.22. The monoisotopic (exact) mass is 348 g/mol. The molecule has 0 unspecified atom stereocenters. The highest BCUT2D eigenvalue weighted by atomic mass is 16.2. The van der Waals surface area contributed by atoms with Gasteiger partial charge in [0.15, 0.2) is 0 Å². The third-order valence-electron chi connectivity index (χ3n) is 5.09. The first-order chi connectivity index (χ1) is 12.6. The molecule has 5 nitrogen and oxygen atoms in total. The van der Waals surface area contributed by atoms with Crippen LogP contribution in [0.4, 0.5) is 0 Å². The van der Waals surface area contributed by atoms with Gasteiger partial charge >= 0.3 is 0 Å². The number of aryl methyl sites for hydroxylation is 2. The number of H-pyrrole nitrogens is 1. The zero-order chi connectivity index (χ0) is 18.1. The Labute approximate surface area is 153 Å². The minimum atomic E-state index is 0.0933. The van der Waals surface area contributed by atoms with Gasteiger partial charge in [-0.3, -0.25) is 14.7 Å². The van der Waals surface area contributed by atoms with Gasteiger partial charge in [-0.15, -0.1) is 0 Å². The molecule has 1 aliphatic heterocycles. The summed E-state index contributed by atoms with van der Waals surface area (Å²) in [6.45, 7) is 8.26. The minimum Gasteiger partial charge on any atom is -0.351 e. The molecule has 1 fully saturated rings. The van der Waals surface area contributed by atoms with E-state index in [0.29, 0.717) is 5.69 Å². The molecule has 1 N–H and O–H groups in total. The fourth-order valence-corrected chi connectivity index (χ4v) is 3.71. The molecule has 0 atom stereocenters. The van der Waals surface area contributed by atoms with Gasteiger partial charge in [0.05, 0.1) is 5.69 Å². The van der Waals surface area contributed by atoms with Gasteiger partial charge in [0.1, 0.15) is 5.69 Å². The van der Waals surface area contributed by atoms with Crippen LogP contribution >= 0.6 is 0 Å². The number of nitrogens with one attached hydrogen (secondary N) is 1. The molecular formula is C21H24N4O. The molecular weight excluding hydrogens is 324 g/mol. The minimum absolute atomic E-state index is 0.0933. The van der Waals surface area contributed by atoms with E-state index >= 15 is 0 Å². The Hall–Kier alpha value is -2.66. The zero-order valence-electron chi connectivity index (χ0n) is 15.3. The molecule has 0 saturated carbocycles. The number of amides is 1. The van der Waals surface area contributed by atoms with Crippen LogP contribution in [0, 0.1) is 13.8 Å². The summed E-state index contributed by atoms with van der Waals surface area (Å²) in [4.78, 5) is 24.9. The number of pyridine rings is 1. The van der Waals surface area contributed by atoms with E-state index in [9.17, 15) is 4.79 Å². The van der Waals surface area contributed by atoms with Crippen LogP contribution in [0.5, 0.6) is 0 Å². The first kappa shape index (κ1) is 16.8. The summed E-state index contributed by atoms with van der Waals surface area (Å²) in [6, 6.07) is 12.2. The number of nitrogens with zero attached hydrogens (tertiary/aromatic N) is 3. The van der Waals surface area contributed by atoms with Crippen molar-refractivity contribution < 1.29 is 4.79 Å². The highest BCUT2D eigenvalue weighted by molar-refractivity contribution is 5.99. The van der Waals surface area contributed by atoms with Crippen molar-refractivity contribution in [2.75, 3.05) is 26.2 Å². The molecule has 2 aromatic heterocycles. The second-order valence-corrected chi connectivity index (χ2v) is 7.12. The van der Waals surface area contributed by atoms with Gasteiger partial charge in [0.2, 0.25) is 0 Å². The number of aromatic nitrogens is 2. The largest absolute Gasteiger partial charge is 0.351 e. The van der Waals surface area contributed by atoms with Crippen molar-refractivity contribution in [3.63, 3.8) is 0 Å². The van der Waals surface area contributed by atoms with Gasteiger partial charge < -0.3 is 9.88 Å². The van der Waals surface area contributed by atoms with Gasteiger partial charge in [-0.25, -0.2) is 0 Å². The maximum Gasteiger partial charge on any atom is 0.270 e. The molecule has 5 heteroatoms. The number of fused-ring (bicyclic) bond motifs is 1. The third-order valence-corrected chi connectivity index (χ3v) is 5.09. The van der Waals surface area contributed by atoms with E-state index in [0.717, 1.165) is 49.3 Å². The Morgan fingerprint density at radius 3 is 2.65 bits per heavy atom. The van der Waals surface area contributed by atoms with Crippen LogP contribution in [-0.4, -0.2) is 51.9 Å². The molecule has 3 aromatic rings. The number of rotatable bonds is 3. The smallest absolute Gasteiger partial charge is 0.270 e. The van der Waals surface area contributed by atoms with E-state index < -0.39 is 0 Å². The van der Waals surface area contributed by atoms with Crippen molar-refractivity contribution >= 4 is 16.8 Å². The van der Waals surface area contributed by atoms with Crippen LogP contribution < -0.4 is 0 Å². The van der Waals surface area contributed by atoms with Crippen LogP contribution in [0.25, 0.3) is 10.9 Å². The average molecular weight is 348 g/mol. The van der Waals surface area contributed by atoms with E-state index in [4.69, 9.17) is 0 Å². The Morgan fingerprint density at radius 1 is 1.12 bits per heavy atom. The lowest BCUT2D eigenvalue weighted by Crippen LogP contribution is -2.48. The average Bonchev–Trinajstić information content (AvgIpc) is 3.07. The Bertz CT molecular complexity index is 924. The van der Waals surface area contributed by atoms with E-state index in [1.165, 1.54) is 11.1 Å². The Kier molecular flexibility index (Phi) is 4.47. The second kappa shape index (κ2) is 6.92. The summed E-state index contributed by atoms with van der Waals surface area (Å²) in [5.41, 5.74) is 5.22. The molecule has 1 aliphatic rings. The van der Waals surface area contributed by atoms with E-state index in [2.05, 4.69) is 40.8 Å². The number of hydrogen-bond donors (Lipinski definition) is 1. The molecule has 0 aliphatic carbocycles. The third kappa shape index (κ3) is 3.35. The van der Waals surface area contributed by atoms with Crippen molar-refractivity contribution in [2.24, 2.45) is 0 Å². The van der Waals surface area contributed by atoms with Gasteiger partial charge in [-0.1, -0.05) is 12.1 Å². The summed E-state index contributed by atoms with van der Waals surface area (Å²) in [7, 11) is 0. The number of carbonyl (C=O) groups is 1. The van der Waals surface area contributed by atoms with Crippen molar-refractivity contribution in [3.8, 4) is 0 Å². The fourth-order valence-electron chi connectivity index (χ4n) is 3.71. The summed E-state index contributed by atoms with van der Waals surface area (Å²) >= 11 is 0. The first-order valence-corrected chi connectivity index (χ1v) is 9.11. The predicted octanol–water partition coefficient (Wildman–Crippen LogP) is 3.14. The first-order valence-electron chi connectivity index (χ1n) is 9.11. The van der Waals surface area contributed by atoms with E-state index in [1.807, 2.05) is 35.4 Å². The number of hydrogen-bond acceptors (Lipinski definition) is 3. The predicted molar refractivity (Wildman–Crippen MR) is 103 cm³/mol. The zero-order valence-corrected chi connectivity index (χ0v) is 15.3. The van der Waals surface area contributed by atoms with Gasteiger partial charge in [0, 0.05) is 49.8 Å². The standard InChI is InChI=1S/C21H24N4O/c1-15-11-16(2)18-13-20(23-19(18)12-15)21(26)25-9-7-24(8-10-25)14-17-5-3-4-6-22-17/h3-6,11-13,23H,7-10,14H2,1-2H3. The van der Waals surface area contributed by atoms with Gasteiger partial charge in [-0.05, 0) is 49.2 Å². The Morgan fingerprint density at radius 2 is 1.92 bits per heavy atom. The van der Waals surface area contributed by atoms with Crippen LogP contribution in [0.2, 0.25) is 0 Å². The molecule has 0 radical (unpaired) electrons. The quantitative estimate of drug-likeness (QED) is 0.791. The molecule has 1 aromatic carbocycles. The van der Waals surface area contributed by atoms with E-state index in [1.54, 1.807) is 0 Å². The molecule has 0 bridgehead atoms. The van der Waals surface area contributed by atoms with Crippen LogP contribution in [0.3, 0.4) is 0 Å². The molecule has 4 rings (SSSR count). The Balaban J connectivity index is 1.43. The van der Waals surface area contributed by atoms with Gasteiger partial charge in [-0.2, -0.15) is 0 Å². The van der Waals surface area contributed by atoms with Crippen LogP contribution in [0.1, 0.15) is 27.3 Å². The normalized spacial score (nSPS) is 15.5.